The van der Waals surface area contributed by atoms with Crippen molar-refractivity contribution < 1.29 is 0 Å². The van der Waals surface area contributed by atoms with Crippen LogP contribution in [0.2, 0.25) is 0 Å². The predicted octanol–water partition coefficient (Wildman–Crippen LogP) is 4.14. The average molecular weight is 340 g/mol. The molecule has 0 aliphatic rings. The van der Waals surface area contributed by atoms with Crippen molar-refractivity contribution in [2.75, 3.05) is 11.9 Å². The molecule has 2 nitrogen and oxygen atoms in total. The highest BCUT2D eigenvalue weighted by molar-refractivity contribution is 14.1. The first-order chi connectivity index (χ1) is 8.17. The molecule has 0 radical (unpaired) electrons. The maximum atomic E-state index is 4.69. The summed E-state index contributed by atoms with van der Waals surface area (Å²) in [6.07, 6.45) is 1.02. The number of benzene rings is 1. The van der Waals surface area contributed by atoms with Gasteiger partial charge >= 0.3 is 0 Å². The first kappa shape index (κ1) is 12.6. The lowest BCUT2D eigenvalue weighted by atomic mass is 10.0. The van der Waals surface area contributed by atoms with E-state index in [0.29, 0.717) is 0 Å². The zero-order valence-electron chi connectivity index (χ0n) is 10.5. The van der Waals surface area contributed by atoms with Crippen molar-refractivity contribution in [1.82, 2.24) is 4.98 Å². The van der Waals surface area contributed by atoms with Gasteiger partial charge in [-0.15, -0.1) is 0 Å². The van der Waals surface area contributed by atoms with Crippen molar-refractivity contribution in [2.45, 2.75) is 27.2 Å². The van der Waals surface area contributed by atoms with Gasteiger partial charge in [0.25, 0.3) is 0 Å². The van der Waals surface area contributed by atoms with E-state index in [1.54, 1.807) is 0 Å². The van der Waals surface area contributed by atoms with Crippen LogP contribution in [0, 0.1) is 10.5 Å². The van der Waals surface area contributed by atoms with Gasteiger partial charge in [-0.05, 0) is 66.6 Å². The van der Waals surface area contributed by atoms with Gasteiger partial charge in [0.05, 0.1) is 5.52 Å². The lowest BCUT2D eigenvalue weighted by Gasteiger charge is -2.15. The van der Waals surface area contributed by atoms with Crippen molar-refractivity contribution >= 4 is 39.2 Å². The summed E-state index contributed by atoms with van der Waals surface area (Å²) in [7, 11) is 0. The topological polar surface area (TPSA) is 24.9 Å². The molecular weight excluding hydrogens is 323 g/mol. The monoisotopic (exact) mass is 340 g/mol. The zero-order chi connectivity index (χ0) is 12.4. The minimum Gasteiger partial charge on any atom is -0.384 e. The lowest BCUT2D eigenvalue weighted by molar-refractivity contribution is 1.06. The summed E-state index contributed by atoms with van der Waals surface area (Å²) in [6, 6.07) is 6.42. The molecule has 0 bridgehead atoms. The van der Waals surface area contributed by atoms with Crippen LogP contribution < -0.4 is 5.32 Å². The van der Waals surface area contributed by atoms with Crippen LogP contribution in [0.5, 0.6) is 0 Å². The number of anilines is 1. The third kappa shape index (κ3) is 2.39. The van der Waals surface area contributed by atoms with E-state index >= 15 is 0 Å². The second kappa shape index (κ2) is 5.21. The van der Waals surface area contributed by atoms with Crippen LogP contribution in [0.1, 0.15) is 25.1 Å². The van der Waals surface area contributed by atoms with Gasteiger partial charge in [0.2, 0.25) is 0 Å². The number of nitrogens with zero attached hydrogens (tertiary/aromatic N) is 1. The molecule has 90 valence electrons. The molecule has 0 aliphatic heterocycles. The minimum atomic E-state index is 0.941. The highest BCUT2D eigenvalue weighted by Crippen LogP contribution is 2.29. The van der Waals surface area contributed by atoms with Gasteiger partial charge in [-0.2, -0.15) is 0 Å². The van der Waals surface area contributed by atoms with E-state index in [9.17, 15) is 0 Å². The molecule has 1 aromatic heterocycles. The van der Waals surface area contributed by atoms with Gasteiger partial charge in [0.15, 0.2) is 0 Å². The quantitative estimate of drug-likeness (QED) is 0.850. The van der Waals surface area contributed by atoms with E-state index in [4.69, 9.17) is 0 Å². The molecule has 1 aromatic carbocycles. The second-order valence-electron chi connectivity index (χ2n) is 4.10. The van der Waals surface area contributed by atoms with Crippen molar-refractivity contribution in [1.29, 1.82) is 0 Å². The van der Waals surface area contributed by atoms with Crippen molar-refractivity contribution in [3.63, 3.8) is 0 Å². The summed E-state index contributed by atoms with van der Waals surface area (Å²) < 4.78 is 1.25. The molecule has 0 atom stereocenters. The van der Waals surface area contributed by atoms with Crippen LogP contribution in [0.4, 0.5) is 5.69 Å². The summed E-state index contributed by atoms with van der Waals surface area (Å²) in [5.74, 6) is 0. The fourth-order valence-corrected chi connectivity index (χ4v) is 2.70. The number of hydrogen-bond acceptors (Lipinski definition) is 2. The van der Waals surface area contributed by atoms with Gasteiger partial charge in [-0.25, -0.2) is 0 Å². The first-order valence-corrected chi connectivity index (χ1v) is 7.07. The van der Waals surface area contributed by atoms with Crippen molar-refractivity contribution in [3.05, 3.63) is 33.0 Å². The number of nitrogens with one attached hydrogen (secondary N) is 1. The predicted molar refractivity (Wildman–Crippen MR) is 82.7 cm³/mol. The van der Waals surface area contributed by atoms with Gasteiger partial charge in [-0.1, -0.05) is 6.92 Å². The molecule has 0 fully saturated rings. The second-order valence-corrected chi connectivity index (χ2v) is 5.34. The molecular formula is C14H17IN2. The SMILES string of the molecule is CCNc1c(CC)c(C)nc2ccc(I)cc12. The van der Waals surface area contributed by atoms with E-state index in [1.165, 1.54) is 20.2 Å². The Morgan fingerprint density at radius 3 is 2.71 bits per heavy atom. The molecule has 0 spiro atoms. The molecule has 0 unspecified atom stereocenters. The molecule has 0 saturated carbocycles. The third-order valence-electron chi connectivity index (χ3n) is 2.96. The first-order valence-electron chi connectivity index (χ1n) is 6.00. The van der Waals surface area contributed by atoms with Crippen LogP contribution in [0.15, 0.2) is 18.2 Å². The van der Waals surface area contributed by atoms with E-state index in [0.717, 1.165) is 24.2 Å². The van der Waals surface area contributed by atoms with E-state index in [2.05, 4.69) is 71.9 Å². The van der Waals surface area contributed by atoms with Gasteiger partial charge in [0.1, 0.15) is 0 Å². The fourth-order valence-electron chi connectivity index (χ4n) is 2.21. The Hall–Kier alpha value is -0.840. The van der Waals surface area contributed by atoms with Crippen LogP contribution in [-0.4, -0.2) is 11.5 Å². The Bertz CT molecular complexity index is 549. The highest BCUT2D eigenvalue weighted by atomic mass is 127. The van der Waals surface area contributed by atoms with Gasteiger partial charge in [-0.3, -0.25) is 4.98 Å². The van der Waals surface area contributed by atoms with Crippen LogP contribution in [0.3, 0.4) is 0 Å². The van der Waals surface area contributed by atoms with Crippen molar-refractivity contribution in [3.8, 4) is 0 Å². The standard InChI is InChI=1S/C14H17IN2/c1-4-11-9(3)17-13-7-6-10(15)8-12(13)14(11)16-5-2/h6-8H,4-5H2,1-3H3,(H,16,17). The van der Waals surface area contributed by atoms with E-state index in [-0.39, 0.29) is 0 Å². The number of aryl methyl sites for hydroxylation is 1. The van der Waals surface area contributed by atoms with Crippen LogP contribution in [-0.2, 0) is 6.42 Å². The third-order valence-corrected chi connectivity index (χ3v) is 3.63. The molecule has 2 aromatic rings. The highest BCUT2D eigenvalue weighted by Gasteiger charge is 2.10. The Morgan fingerprint density at radius 1 is 1.29 bits per heavy atom. The Labute approximate surface area is 116 Å². The van der Waals surface area contributed by atoms with Gasteiger partial charge in [0, 0.05) is 26.9 Å². The molecule has 0 saturated heterocycles. The summed E-state index contributed by atoms with van der Waals surface area (Å²) in [6.45, 7) is 7.35. The Morgan fingerprint density at radius 2 is 2.06 bits per heavy atom. The van der Waals surface area contributed by atoms with Gasteiger partial charge < -0.3 is 5.32 Å². The summed E-state index contributed by atoms with van der Waals surface area (Å²) in [5, 5.41) is 4.73. The molecule has 17 heavy (non-hydrogen) atoms. The molecule has 1 heterocycles. The maximum Gasteiger partial charge on any atom is 0.0726 e. The normalized spacial score (nSPS) is 10.8. The molecule has 0 amide bonds. The Kier molecular flexibility index (Phi) is 3.86. The maximum absolute atomic E-state index is 4.69. The summed E-state index contributed by atoms with van der Waals surface area (Å²) in [4.78, 5) is 4.69. The van der Waals surface area contributed by atoms with Crippen molar-refractivity contribution in [2.24, 2.45) is 0 Å². The molecule has 1 N–H and O–H groups in total. The lowest BCUT2D eigenvalue weighted by Crippen LogP contribution is -2.05. The molecule has 3 heteroatoms. The largest absolute Gasteiger partial charge is 0.384 e. The smallest absolute Gasteiger partial charge is 0.0726 e. The van der Waals surface area contributed by atoms with E-state index < -0.39 is 0 Å². The Balaban J connectivity index is 2.79. The molecule has 0 aliphatic carbocycles. The number of fused-ring (bicyclic) bond motifs is 1. The average Bonchev–Trinajstić information content (AvgIpc) is 2.30. The van der Waals surface area contributed by atoms with Crippen LogP contribution in [0.25, 0.3) is 10.9 Å². The number of aromatic nitrogens is 1. The number of hydrogen-bond donors (Lipinski definition) is 1. The minimum absolute atomic E-state index is 0.941. The molecule has 2 rings (SSSR count). The number of pyridine rings is 1. The number of halogens is 1. The van der Waals surface area contributed by atoms with Crippen LogP contribution >= 0.6 is 22.6 Å². The summed E-state index contributed by atoms with van der Waals surface area (Å²) in [5.41, 5.74) is 4.81. The van der Waals surface area contributed by atoms with E-state index in [1.807, 2.05) is 0 Å². The fraction of sp³-hybridized carbons (Fsp3) is 0.357. The number of rotatable bonds is 3. The summed E-state index contributed by atoms with van der Waals surface area (Å²) >= 11 is 2.35. The zero-order valence-corrected chi connectivity index (χ0v) is 12.6.